The summed E-state index contributed by atoms with van der Waals surface area (Å²) in [5, 5.41) is 0. The summed E-state index contributed by atoms with van der Waals surface area (Å²) >= 11 is 0. The minimum absolute atomic E-state index is 0.154. The second kappa shape index (κ2) is 7.58. The zero-order chi connectivity index (χ0) is 15.2. The zero-order valence-corrected chi connectivity index (χ0v) is 12.8. The number of carbonyl (C=O) groups excluding carboxylic acids is 1. The molecular formula is C14H22NO4P. The van der Waals surface area contributed by atoms with E-state index in [1.165, 1.54) is 6.92 Å². The average Bonchev–Trinajstić information content (AvgIpc) is 2.39. The molecule has 3 N–H and O–H groups in total. The smallest absolute Gasteiger partial charge is 0.309 e. The molecule has 112 valence electrons. The molecule has 0 aliphatic rings. The van der Waals surface area contributed by atoms with E-state index in [0.29, 0.717) is 6.42 Å². The first-order valence-electron chi connectivity index (χ1n) is 6.64. The molecule has 0 aromatic heterocycles. The first kappa shape index (κ1) is 16.9. The van der Waals surface area contributed by atoms with Gasteiger partial charge in [-0.25, -0.2) is 0 Å². The van der Waals surface area contributed by atoms with Crippen molar-refractivity contribution in [1.82, 2.24) is 0 Å². The van der Waals surface area contributed by atoms with E-state index >= 15 is 0 Å². The first-order chi connectivity index (χ1) is 9.36. The standard InChI is InChI=1S/C14H22NO4P/c1-3-19-14(16)13(10-20(17,18)11(2)15)9-12-7-5-4-6-8-12/h4-8,11,13H,3,9-10,15H2,1-2H3,(H,17,18). The van der Waals surface area contributed by atoms with E-state index < -0.39 is 25.0 Å². The minimum Gasteiger partial charge on any atom is -0.466 e. The van der Waals surface area contributed by atoms with Crippen LogP contribution in [0.15, 0.2) is 30.3 Å². The van der Waals surface area contributed by atoms with Gasteiger partial charge in [0, 0.05) is 6.16 Å². The fourth-order valence-corrected chi connectivity index (χ4v) is 3.11. The lowest BCUT2D eigenvalue weighted by molar-refractivity contribution is -0.147. The fourth-order valence-electron chi connectivity index (χ4n) is 1.86. The zero-order valence-electron chi connectivity index (χ0n) is 11.9. The van der Waals surface area contributed by atoms with Crippen LogP contribution in [0.1, 0.15) is 19.4 Å². The van der Waals surface area contributed by atoms with Crippen LogP contribution in [0.4, 0.5) is 0 Å². The third-order valence-electron chi connectivity index (χ3n) is 3.06. The van der Waals surface area contributed by atoms with Gasteiger partial charge in [-0.05, 0) is 25.8 Å². The highest BCUT2D eigenvalue weighted by atomic mass is 31.2. The van der Waals surface area contributed by atoms with Crippen molar-refractivity contribution in [3.05, 3.63) is 35.9 Å². The van der Waals surface area contributed by atoms with Crippen molar-refractivity contribution in [2.75, 3.05) is 12.8 Å². The number of benzene rings is 1. The Morgan fingerprint density at radius 3 is 2.50 bits per heavy atom. The Morgan fingerprint density at radius 1 is 1.40 bits per heavy atom. The second-order valence-electron chi connectivity index (χ2n) is 4.82. The highest BCUT2D eigenvalue weighted by molar-refractivity contribution is 7.58. The van der Waals surface area contributed by atoms with Crippen molar-refractivity contribution in [2.24, 2.45) is 11.7 Å². The van der Waals surface area contributed by atoms with Crippen molar-refractivity contribution in [3.8, 4) is 0 Å². The molecule has 1 aromatic rings. The Hall–Kier alpha value is -1.16. The van der Waals surface area contributed by atoms with Crippen molar-refractivity contribution in [3.63, 3.8) is 0 Å². The maximum atomic E-state index is 12.0. The second-order valence-corrected chi connectivity index (χ2v) is 7.51. The number of ether oxygens (including phenoxy) is 1. The van der Waals surface area contributed by atoms with Crippen LogP contribution in [0.5, 0.6) is 0 Å². The van der Waals surface area contributed by atoms with E-state index in [2.05, 4.69) is 0 Å². The van der Waals surface area contributed by atoms with Gasteiger partial charge in [0.05, 0.1) is 18.3 Å². The summed E-state index contributed by atoms with van der Waals surface area (Å²) in [6.07, 6.45) is 0.218. The van der Waals surface area contributed by atoms with Crippen molar-refractivity contribution in [2.45, 2.75) is 26.1 Å². The molecule has 20 heavy (non-hydrogen) atoms. The van der Waals surface area contributed by atoms with Crippen LogP contribution in [0.3, 0.4) is 0 Å². The van der Waals surface area contributed by atoms with Crippen LogP contribution in [-0.4, -0.2) is 29.4 Å². The molecule has 3 atom stereocenters. The number of hydrogen-bond acceptors (Lipinski definition) is 4. The van der Waals surface area contributed by atoms with Crippen LogP contribution in [0.25, 0.3) is 0 Å². The van der Waals surface area contributed by atoms with E-state index in [0.717, 1.165) is 5.56 Å². The van der Waals surface area contributed by atoms with Crippen LogP contribution >= 0.6 is 7.37 Å². The molecule has 0 radical (unpaired) electrons. The van der Waals surface area contributed by atoms with Gasteiger partial charge >= 0.3 is 5.97 Å². The summed E-state index contributed by atoms with van der Waals surface area (Å²) in [6.45, 7) is 3.44. The Bertz CT molecular complexity index is 475. The van der Waals surface area contributed by atoms with Gasteiger partial charge in [0.1, 0.15) is 0 Å². The lowest BCUT2D eigenvalue weighted by atomic mass is 10.0. The molecule has 1 rings (SSSR count). The maximum Gasteiger partial charge on any atom is 0.309 e. The van der Waals surface area contributed by atoms with E-state index in [1.54, 1.807) is 6.92 Å². The number of rotatable bonds is 7. The predicted molar refractivity (Wildman–Crippen MR) is 78.6 cm³/mol. The van der Waals surface area contributed by atoms with Crippen LogP contribution in [0.2, 0.25) is 0 Å². The van der Waals surface area contributed by atoms with Crippen LogP contribution in [0, 0.1) is 5.92 Å². The molecule has 0 fully saturated rings. The number of nitrogens with two attached hydrogens (primary N) is 1. The summed E-state index contributed by atoms with van der Waals surface area (Å²) in [5.74, 6) is -1.96. The Morgan fingerprint density at radius 2 is 2.00 bits per heavy atom. The van der Waals surface area contributed by atoms with Crippen LogP contribution in [-0.2, 0) is 20.5 Å². The summed E-state index contributed by atoms with van der Waals surface area (Å²) < 4.78 is 17.0. The Labute approximate surface area is 119 Å². The fraction of sp³-hybridized carbons (Fsp3) is 0.500. The normalized spacial score (nSPS) is 17.0. The molecule has 0 spiro atoms. The quantitative estimate of drug-likeness (QED) is 0.593. The molecule has 0 amide bonds. The summed E-state index contributed by atoms with van der Waals surface area (Å²) in [4.78, 5) is 21.8. The van der Waals surface area contributed by atoms with Gasteiger partial charge in [-0.2, -0.15) is 0 Å². The molecular weight excluding hydrogens is 277 g/mol. The summed E-state index contributed by atoms with van der Waals surface area (Å²) in [7, 11) is -3.56. The first-order valence-corrected chi connectivity index (χ1v) is 8.56. The van der Waals surface area contributed by atoms with Gasteiger partial charge in [0.2, 0.25) is 7.37 Å². The third-order valence-corrected chi connectivity index (χ3v) is 5.30. The maximum absolute atomic E-state index is 12.0. The molecule has 0 bridgehead atoms. The lowest BCUT2D eigenvalue weighted by Crippen LogP contribution is -2.27. The largest absolute Gasteiger partial charge is 0.466 e. The molecule has 0 aliphatic carbocycles. The summed E-state index contributed by atoms with van der Waals surface area (Å²) in [5.41, 5.74) is 6.45. The number of hydrogen-bond donors (Lipinski definition) is 2. The van der Waals surface area contributed by atoms with Gasteiger partial charge < -0.3 is 15.4 Å². The molecule has 0 saturated heterocycles. The molecule has 6 heteroatoms. The van der Waals surface area contributed by atoms with Gasteiger partial charge in [-0.3, -0.25) is 9.36 Å². The SMILES string of the molecule is CCOC(=O)C(Cc1ccccc1)CP(=O)(O)C(C)N. The van der Waals surface area contributed by atoms with Gasteiger partial charge in [0.25, 0.3) is 0 Å². The number of carbonyl (C=O) groups is 1. The third kappa shape index (κ3) is 5.08. The average molecular weight is 299 g/mol. The highest BCUT2D eigenvalue weighted by Gasteiger charge is 2.32. The van der Waals surface area contributed by atoms with E-state index in [1.807, 2.05) is 30.3 Å². The van der Waals surface area contributed by atoms with Crippen molar-refractivity contribution >= 4 is 13.3 Å². The lowest BCUT2D eigenvalue weighted by Gasteiger charge is -2.21. The van der Waals surface area contributed by atoms with E-state index in [4.69, 9.17) is 10.5 Å². The predicted octanol–water partition coefficient (Wildman–Crippen LogP) is 1.98. The van der Waals surface area contributed by atoms with E-state index in [9.17, 15) is 14.3 Å². The Balaban J connectivity index is 2.86. The van der Waals surface area contributed by atoms with E-state index in [-0.39, 0.29) is 12.8 Å². The Kier molecular flexibility index (Phi) is 6.40. The minimum atomic E-state index is -3.56. The summed E-state index contributed by atoms with van der Waals surface area (Å²) in [6, 6.07) is 9.35. The monoisotopic (exact) mass is 299 g/mol. The molecule has 0 aliphatic heterocycles. The van der Waals surface area contributed by atoms with Gasteiger partial charge in [-0.1, -0.05) is 30.3 Å². The van der Waals surface area contributed by atoms with Gasteiger partial charge in [0.15, 0.2) is 0 Å². The number of esters is 1. The van der Waals surface area contributed by atoms with Crippen molar-refractivity contribution in [1.29, 1.82) is 0 Å². The topological polar surface area (TPSA) is 89.6 Å². The molecule has 5 nitrogen and oxygen atoms in total. The van der Waals surface area contributed by atoms with Gasteiger partial charge in [-0.15, -0.1) is 0 Å². The molecule has 0 heterocycles. The molecule has 1 aromatic carbocycles. The molecule has 3 unspecified atom stereocenters. The molecule has 0 saturated carbocycles. The van der Waals surface area contributed by atoms with Crippen LogP contribution < -0.4 is 5.73 Å². The highest BCUT2D eigenvalue weighted by Crippen LogP contribution is 2.46. The van der Waals surface area contributed by atoms with Crippen molar-refractivity contribution < 1.29 is 19.0 Å².